The third kappa shape index (κ3) is 4.33. The van der Waals surface area contributed by atoms with Gasteiger partial charge >= 0.3 is 0 Å². The molecule has 0 aliphatic rings. The molecule has 1 heterocycles. The number of aryl methyl sites for hydroxylation is 1. The average molecular weight is 319 g/mol. The van der Waals surface area contributed by atoms with Crippen LogP contribution in [0.4, 0.5) is 0 Å². The van der Waals surface area contributed by atoms with E-state index in [0.29, 0.717) is 5.92 Å². The van der Waals surface area contributed by atoms with Gasteiger partial charge in [-0.2, -0.15) is 0 Å². The molecule has 0 aliphatic carbocycles. The van der Waals surface area contributed by atoms with Crippen LogP contribution in [0.5, 0.6) is 0 Å². The van der Waals surface area contributed by atoms with Crippen LogP contribution in [0.25, 0.3) is 11.1 Å². The second kappa shape index (κ2) is 7.93. The monoisotopic (exact) mass is 319 g/mol. The molecule has 0 saturated heterocycles. The van der Waals surface area contributed by atoms with Crippen LogP contribution in [-0.2, 0) is 13.1 Å². The van der Waals surface area contributed by atoms with Gasteiger partial charge in [0.15, 0.2) is 0 Å². The van der Waals surface area contributed by atoms with Gasteiger partial charge in [-0.15, -0.1) is 0 Å². The normalized spacial score (nSPS) is 12.2. The first-order valence-corrected chi connectivity index (χ1v) is 8.54. The van der Waals surface area contributed by atoms with Gasteiger partial charge in [-0.25, -0.2) is 4.98 Å². The predicted octanol–water partition coefficient (Wildman–Crippen LogP) is 4.28. The van der Waals surface area contributed by atoms with Gasteiger partial charge in [-0.1, -0.05) is 49.4 Å². The van der Waals surface area contributed by atoms with Crippen molar-refractivity contribution in [2.24, 2.45) is 5.92 Å². The molecule has 0 saturated carbocycles. The second-order valence-electron chi connectivity index (χ2n) is 6.51. The van der Waals surface area contributed by atoms with Gasteiger partial charge in [0.25, 0.3) is 0 Å². The Morgan fingerprint density at radius 2 is 2.00 bits per heavy atom. The number of aromatic nitrogens is 2. The van der Waals surface area contributed by atoms with Gasteiger partial charge < -0.3 is 9.88 Å². The molecular formula is C21H25N3. The minimum atomic E-state index is 0.568. The van der Waals surface area contributed by atoms with Gasteiger partial charge in [0.05, 0.1) is 6.33 Å². The maximum absolute atomic E-state index is 4.09. The van der Waals surface area contributed by atoms with E-state index in [1.54, 1.807) is 0 Å². The highest BCUT2D eigenvalue weighted by atomic mass is 15.0. The molecule has 0 spiro atoms. The van der Waals surface area contributed by atoms with Crippen molar-refractivity contribution in [1.29, 1.82) is 0 Å². The fourth-order valence-electron chi connectivity index (χ4n) is 3.03. The molecule has 1 aromatic heterocycles. The molecule has 0 fully saturated rings. The molecule has 0 aliphatic heterocycles. The maximum Gasteiger partial charge on any atom is 0.0946 e. The Hall–Kier alpha value is -2.39. The molecule has 1 unspecified atom stereocenters. The van der Waals surface area contributed by atoms with Crippen molar-refractivity contribution in [3.8, 4) is 11.1 Å². The van der Waals surface area contributed by atoms with Crippen molar-refractivity contribution in [1.82, 2.24) is 14.9 Å². The van der Waals surface area contributed by atoms with Crippen molar-refractivity contribution in [2.75, 3.05) is 6.54 Å². The zero-order valence-corrected chi connectivity index (χ0v) is 14.4. The molecule has 3 rings (SSSR count). The third-order valence-corrected chi connectivity index (χ3v) is 4.29. The number of imidazole rings is 1. The van der Waals surface area contributed by atoms with Crippen LogP contribution < -0.4 is 5.32 Å². The van der Waals surface area contributed by atoms with E-state index in [2.05, 4.69) is 77.2 Å². The van der Waals surface area contributed by atoms with E-state index >= 15 is 0 Å². The van der Waals surface area contributed by atoms with E-state index in [4.69, 9.17) is 0 Å². The van der Waals surface area contributed by atoms with Crippen LogP contribution in [-0.4, -0.2) is 16.1 Å². The zero-order chi connectivity index (χ0) is 16.8. The molecule has 0 radical (unpaired) electrons. The number of rotatable bonds is 7. The Morgan fingerprint density at radius 3 is 2.79 bits per heavy atom. The first kappa shape index (κ1) is 16.5. The lowest BCUT2D eigenvalue weighted by atomic mass is 9.99. The average Bonchev–Trinajstić information content (AvgIpc) is 3.08. The fraction of sp³-hybridized carbons (Fsp3) is 0.286. The lowest BCUT2D eigenvalue weighted by Crippen LogP contribution is -2.23. The largest absolute Gasteiger partial charge is 0.337 e. The van der Waals surface area contributed by atoms with Gasteiger partial charge in [0.1, 0.15) is 0 Å². The SMILES string of the molecule is Cc1ccccc1-c1cccc(CNCC(C)Cn2ccnc2)c1. The Bertz CT molecular complexity index is 762. The van der Waals surface area contributed by atoms with Crippen molar-refractivity contribution >= 4 is 0 Å². The molecular weight excluding hydrogens is 294 g/mol. The highest BCUT2D eigenvalue weighted by Crippen LogP contribution is 2.23. The molecule has 3 aromatic rings. The minimum Gasteiger partial charge on any atom is -0.337 e. The fourth-order valence-corrected chi connectivity index (χ4v) is 3.03. The standard InChI is InChI=1S/C21H25N3/c1-17(15-24-11-10-22-16-24)13-23-14-19-7-5-8-20(12-19)21-9-4-3-6-18(21)2/h3-12,16-17,23H,13-15H2,1-2H3. The first-order valence-electron chi connectivity index (χ1n) is 8.54. The summed E-state index contributed by atoms with van der Waals surface area (Å²) in [5, 5.41) is 3.57. The lowest BCUT2D eigenvalue weighted by molar-refractivity contribution is 0.445. The van der Waals surface area contributed by atoms with E-state index in [0.717, 1.165) is 19.6 Å². The second-order valence-corrected chi connectivity index (χ2v) is 6.51. The summed E-state index contributed by atoms with van der Waals surface area (Å²) in [6, 6.07) is 17.4. The molecule has 3 heteroatoms. The van der Waals surface area contributed by atoms with Crippen LogP contribution >= 0.6 is 0 Å². The van der Waals surface area contributed by atoms with Crippen LogP contribution in [0, 0.1) is 12.8 Å². The quantitative estimate of drug-likeness (QED) is 0.704. The predicted molar refractivity (Wildman–Crippen MR) is 99.7 cm³/mol. The lowest BCUT2D eigenvalue weighted by Gasteiger charge is -2.14. The maximum atomic E-state index is 4.09. The van der Waals surface area contributed by atoms with Gasteiger partial charge in [0.2, 0.25) is 0 Å². The number of benzene rings is 2. The highest BCUT2D eigenvalue weighted by molar-refractivity contribution is 5.67. The summed E-state index contributed by atoms with van der Waals surface area (Å²) in [5.74, 6) is 0.568. The molecule has 0 bridgehead atoms. The van der Waals surface area contributed by atoms with Gasteiger partial charge in [-0.3, -0.25) is 0 Å². The Kier molecular flexibility index (Phi) is 5.44. The molecule has 3 nitrogen and oxygen atoms in total. The van der Waals surface area contributed by atoms with Crippen LogP contribution in [0.3, 0.4) is 0 Å². The van der Waals surface area contributed by atoms with Crippen molar-refractivity contribution < 1.29 is 0 Å². The van der Waals surface area contributed by atoms with Crippen molar-refractivity contribution in [3.63, 3.8) is 0 Å². The van der Waals surface area contributed by atoms with Crippen molar-refractivity contribution in [3.05, 3.63) is 78.4 Å². The van der Waals surface area contributed by atoms with Crippen molar-refractivity contribution in [2.45, 2.75) is 26.9 Å². The summed E-state index contributed by atoms with van der Waals surface area (Å²) in [6.07, 6.45) is 5.72. The molecule has 24 heavy (non-hydrogen) atoms. The van der Waals surface area contributed by atoms with E-state index < -0.39 is 0 Å². The van der Waals surface area contributed by atoms with Gasteiger partial charge in [-0.05, 0) is 47.7 Å². The van der Waals surface area contributed by atoms with Crippen LogP contribution in [0.2, 0.25) is 0 Å². The van der Waals surface area contributed by atoms with E-state index in [1.807, 2.05) is 18.7 Å². The Balaban J connectivity index is 1.56. The molecule has 1 atom stereocenters. The molecule has 1 N–H and O–H groups in total. The summed E-state index contributed by atoms with van der Waals surface area (Å²) in [4.78, 5) is 4.09. The molecule has 2 aromatic carbocycles. The number of nitrogens with one attached hydrogen (secondary N) is 1. The number of nitrogens with zero attached hydrogens (tertiary/aromatic N) is 2. The van der Waals surface area contributed by atoms with Crippen LogP contribution in [0.1, 0.15) is 18.1 Å². The number of hydrogen-bond donors (Lipinski definition) is 1. The Labute approximate surface area is 144 Å². The molecule has 124 valence electrons. The van der Waals surface area contributed by atoms with E-state index in [-0.39, 0.29) is 0 Å². The molecule has 0 amide bonds. The van der Waals surface area contributed by atoms with E-state index in [9.17, 15) is 0 Å². The summed E-state index contributed by atoms with van der Waals surface area (Å²) >= 11 is 0. The van der Waals surface area contributed by atoms with E-state index in [1.165, 1.54) is 22.3 Å². The summed E-state index contributed by atoms with van der Waals surface area (Å²) in [5.41, 5.74) is 5.24. The first-order chi connectivity index (χ1) is 11.7. The van der Waals surface area contributed by atoms with Gasteiger partial charge in [0, 0.05) is 25.5 Å². The number of hydrogen-bond acceptors (Lipinski definition) is 2. The smallest absolute Gasteiger partial charge is 0.0946 e. The topological polar surface area (TPSA) is 29.9 Å². The van der Waals surface area contributed by atoms with Crippen LogP contribution in [0.15, 0.2) is 67.3 Å². The zero-order valence-electron chi connectivity index (χ0n) is 14.4. The minimum absolute atomic E-state index is 0.568. The summed E-state index contributed by atoms with van der Waals surface area (Å²) in [6.45, 7) is 7.31. The highest BCUT2D eigenvalue weighted by Gasteiger charge is 2.04. The summed E-state index contributed by atoms with van der Waals surface area (Å²) in [7, 11) is 0. The Morgan fingerprint density at radius 1 is 1.12 bits per heavy atom. The summed E-state index contributed by atoms with van der Waals surface area (Å²) < 4.78 is 2.13. The third-order valence-electron chi connectivity index (χ3n) is 4.29.